The smallest absolute Gasteiger partial charge is 0.306 e. The Bertz CT molecular complexity index is 1160. The lowest BCUT2D eigenvalue weighted by molar-refractivity contribution is -0.148. The Balaban J connectivity index is 4.64. The molecule has 0 radical (unpaired) electrons. The van der Waals surface area contributed by atoms with E-state index < -0.39 is 18.2 Å². The van der Waals surface area contributed by atoms with Crippen LogP contribution in [0.2, 0.25) is 0 Å². The van der Waals surface area contributed by atoms with Crippen LogP contribution in [0.15, 0.2) is 60.8 Å². The molecular weight excluding hydrogens is 803 g/mol. The number of carbonyl (C=O) groups is 2. The summed E-state index contributed by atoms with van der Waals surface area (Å²) in [5, 5.41) is 23.8. The van der Waals surface area contributed by atoms with Crippen LogP contribution in [0.1, 0.15) is 278 Å². The first-order chi connectivity index (χ1) is 32.0. The zero-order valence-corrected chi connectivity index (χ0v) is 43.1. The van der Waals surface area contributed by atoms with Crippen LogP contribution in [0, 0.1) is 0 Å². The van der Waals surface area contributed by atoms with Gasteiger partial charge in [-0.25, -0.2) is 0 Å². The van der Waals surface area contributed by atoms with Crippen molar-refractivity contribution in [1.82, 2.24) is 5.32 Å². The topological polar surface area (TPSA) is 95.9 Å². The summed E-state index contributed by atoms with van der Waals surface area (Å²) < 4.78 is 5.84. The van der Waals surface area contributed by atoms with Gasteiger partial charge in [-0.1, -0.05) is 275 Å². The van der Waals surface area contributed by atoms with Crippen molar-refractivity contribution in [3.63, 3.8) is 0 Å². The number of nitrogens with one attached hydrogen (secondary N) is 1. The summed E-state index contributed by atoms with van der Waals surface area (Å²) >= 11 is 0. The normalized spacial score (nSPS) is 13.6. The average molecular weight is 911 g/mol. The van der Waals surface area contributed by atoms with Gasteiger partial charge in [0.25, 0.3) is 0 Å². The molecule has 0 fully saturated rings. The second-order valence-electron chi connectivity index (χ2n) is 19.0. The van der Waals surface area contributed by atoms with E-state index in [1.54, 1.807) is 0 Å². The molecule has 6 heteroatoms. The van der Waals surface area contributed by atoms with Crippen LogP contribution < -0.4 is 5.32 Å². The van der Waals surface area contributed by atoms with E-state index in [0.717, 1.165) is 64.2 Å². The van der Waals surface area contributed by atoms with Crippen molar-refractivity contribution >= 4 is 11.9 Å². The maximum absolute atomic E-state index is 13.2. The minimum absolute atomic E-state index is 0.0440. The third-order valence-corrected chi connectivity index (χ3v) is 12.6. The van der Waals surface area contributed by atoms with Gasteiger partial charge in [0.15, 0.2) is 0 Å². The molecule has 0 aliphatic heterocycles. The summed E-state index contributed by atoms with van der Waals surface area (Å²) in [6, 6.07) is -0.742. The standard InChI is InChI=1S/C59H107NO5/c1-4-7-10-13-16-19-22-25-28-29-31-34-37-40-43-46-49-52-59(64)65-55(50-47-44-41-38-35-32-27-24-21-18-15-12-9-6-3)53-58(63)60-56(54-61)57(62)51-48-45-42-39-36-33-30-26-23-20-17-14-11-8-5-2/h9,12,18,21,27,32,38,41,47,50,55-57,61-62H,4-8,10-11,13-17,19-20,22-26,28-31,33-37,39-40,42-46,48-49,51-54H2,1-3H3,(H,60,63)/b12-9+,21-18+,32-27+,41-38+,50-47+. The fourth-order valence-corrected chi connectivity index (χ4v) is 8.39. The monoisotopic (exact) mass is 910 g/mol. The van der Waals surface area contributed by atoms with E-state index in [4.69, 9.17) is 4.74 Å². The second-order valence-corrected chi connectivity index (χ2v) is 19.0. The van der Waals surface area contributed by atoms with Crippen molar-refractivity contribution in [3.05, 3.63) is 60.8 Å². The number of ether oxygens (including phenoxy) is 1. The number of carbonyl (C=O) groups excluding carboxylic acids is 2. The maximum atomic E-state index is 13.2. The Morgan fingerprint density at radius 2 is 0.800 bits per heavy atom. The zero-order valence-electron chi connectivity index (χ0n) is 43.1. The van der Waals surface area contributed by atoms with Gasteiger partial charge in [0.1, 0.15) is 6.10 Å². The lowest BCUT2D eigenvalue weighted by Gasteiger charge is -2.23. The van der Waals surface area contributed by atoms with Gasteiger partial charge in [-0.15, -0.1) is 0 Å². The molecule has 0 saturated heterocycles. The first kappa shape index (κ1) is 62.6. The van der Waals surface area contributed by atoms with Gasteiger partial charge in [-0.2, -0.15) is 0 Å². The highest BCUT2D eigenvalue weighted by Crippen LogP contribution is 2.17. The summed E-state index contributed by atoms with van der Waals surface area (Å²) in [5.74, 6) is -0.618. The highest BCUT2D eigenvalue weighted by molar-refractivity contribution is 5.78. The summed E-state index contributed by atoms with van der Waals surface area (Å²) in [6.45, 7) is 6.36. The molecule has 6 nitrogen and oxygen atoms in total. The summed E-state index contributed by atoms with van der Waals surface area (Å²) in [6.07, 6.45) is 66.1. The lowest BCUT2D eigenvalue weighted by atomic mass is 10.0. The van der Waals surface area contributed by atoms with Gasteiger partial charge < -0.3 is 20.3 Å². The first-order valence-electron chi connectivity index (χ1n) is 28.0. The molecule has 0 aromatic carbocycles. The van der Waals surface area contributed by atoms with Crippen molar-refractivity contribution in [2.45, 2.75) is 296 Å². The van der Waals surface area contributed by atoms with E-state index in [1.807, 2.05) is 12.2 Å². The van der Waals surface area contributed by atoms with Crippen LogP contribution in [0.25, 0.3) is 0 Å². The van der Waals surface area contributed by atoms with Crippen LogP contribution >= 0.6 is 0 Å². The van der Waals surface area contributed by atoms with E-state index in [-0.39, 0.29) is 24.9 Å². The average Bonchev–Trinajstić information content (AvgIpc) is 3.30. The van der Waals surface area contributed by atoms with Crippen molar-refractivity contribution < 1.29 is 24.5 Å². The quantitative estimate of drug-likeness (QED) is 0.0321. The molecule has 0 aromatic heterocycles. The molecule has 378 valence electrons. The van der Waals surface area contributed by atoms with Crippen molar-refractivity contribution in [2.24, 2.45) is 0 Å². The molecule has 0 bridgehead atoms. The van der Waals surface area contributed by atoms with E-state index >= 15 is 0 Å². The number of amides is 1. The molecule has 3 unspecified atom stereocenters. The van der Waals surface area contributed by atoms with Gasteiger partial charge >= 0.3 is 5.97 Å². The Hall–Kier alpha value is -2.44. The van der Waals surface area contributed by atoms with E-state index in [1.165, 1.54) is 167 Å². The number of unbranched alkanes of at least 4 members (excludes halogenated alkanes) is 30. The van der Waals surface area contributed by atoms with Gasteiger partial charge in [0.05, 0.1) is 25.2 Å². The largest absolute Gasteiger partial charge is 0.458 e. The number of hydrogen-bond acceptors (Lipinski definition) is 5. The number of hydrogen-bond donors (Lipinski definition) is 3. The number of aliphatic hydroxyl groups excluding tert-OH is 2. The molecule has 0 aliphatic rings. The van der Waals surface area contributed by atoms with Crippen LogP contribution in [-0.2, 0) is 14.3 Å². The molecule has 0 heterocycles. The molecular formula is C59H107NO5. The van der Waals surface area contributed by atoms with E-state index in [2.05, 4.69) is 74.7 Å². The summed E-state index contributed by atoms with van der Waals surface area (Å²) in [7, 11) is 0. The van der Waals surface area contributed by atoms with Crippen LogP contribution in [0.5, 0.6) is 0 Å². The molecule has 0 aromatic rings. The highest BCUT2D eigenvalue weighted by Gasteiger charge is 2.23. The molecule has 1 amide bonds. The Labute approximate surface area is 403 Å². The third-order valence-electron chi connectivity index (χ3n) is 12.6. The van der Waals surface area contributed by atoms with Crippen molar-refractivity contribution in [3.8, 4) is 0 Å². The fourth-order valence-electron chi connectivity index (χ4n) is 8.39. The highest BCUT2D eigenvalue weighted by atomic mass is 16.5. The van der Waals surface area contributed by atoms with Crippen molar-refractivity contribution in [1.29, 1.82) is 0 Å². The fraction of sp³-hybridized carbons (Fsp3) is 0.797. The van der Waals surface area contributed by atoms with E-state index in [9.17, 15) is 19.8 Å². The van der Waals surface area contributed by atoms with Gasteiger partial charge in [-0.3, -0.25) is 9.59 Å². The molecule has 0 saturated carbocycles. The minimum Gasteiger partial charge on any atom is -0.458 e. The molecule has 3 atom stereocenters. The Kier molecular flexibility index (Phi) is 50.6. The van der Waals surface area contributed by atoms with E-state index in [0.29, 0.717) is 19.3 Å². The van der Waals surface area contributed by atoms with Crippen LogP contribution in [0.4, 0.5) is 0 Å². The number of aliphatic hydroxyl groups is 2. The number of esters is 1. The summed E-state index contributed by atoms with van der Waals surface area (Å²) in [4.78, 5) is 26.2. The minimum atomic E-state index is -0.819. The Morgan fingerprint density at radius 1 is 0.462 bits per heavy atom. The van der Waals surface area contributed by atoms with Crippen LogP contribution in [0.3, 0.4) is 0 Å². The molecule has 0 rings (SSSR count). The van der Waals surface area contributed by atoms with Crippen molar-refractivity contribution in [2.75, 3.05) is 6.61 Å². The van der Waals surface area contributed by atoms with Gasteiger partial charge in [0, 0.05) is 6.42 Å². The predicted octanol–water partition coefficient (Wildman–Crippen LogP) is 17.2. The second kappa shape index (κ2) is 52.5. The number of allylic oxidation sites excluding steroid dienone is 9. The molecule has 0 aliphatic carbocycles. The SMILES string of the molecule is CC/C=C/C/C=C/C/C=C/C/C=C/C/C=C/C(CC(=O)NC(CO)C(O)CCCCCCCCCCCCCCCCC)OC(=O)CCCCCCCCCCCCCCCCCCC. The van der Waals surface area contributed by atoms with Gasteiger partial charge in [0.2, 0.25) is 5.91 Å². The Morgan fingerprint density at radius 3 is 1.17 bits per heavy atom. The maximum Gasteiger partial charge on any atom is 0.306 e. The van der Waals surface area contributed by atoms with Gasteiger partial charge in [-0.05, 0) is 51.0 Å². The molecule has 65 heavy (non-hydrogen) atoms. The first-order valence-corrected chi connectivity index (χ1v) is 28.0. The van der Waals surface area contributed by atoms with Crippen LogP contribution in [-0.4, -0.2) is 46.9 Å². The molecule has 0 spiro atoms. The molecule has 3 N–H and O–H groups in total. The third kappa shape index (κ3) is 47.8. The summed E-state index contributed by atoms with van der Waals surface area (Å²) in [5.41, 5.74) is 0. The number of rotatable bonds is 50. The predicted molar refractivity (Wildman–Crippen MR) is 282 cm³/mol. The zero-order chi connectivity index (χ0) is 47.4. The lowest BCUT2D eigenvalue weighted by Crippen LogP contribution is -2.46.